The molecule has 15 heteroatoms. The molecule has 278 valence electrons. The maximum absolute atomic E-state index is 14.4. The number of imidazole rings is 1. The second-order valence-corrected chi connectivity index (χ2v) is 15.3. The quantitative estimate of drug-likeness (QED) is 0.228. The van der Waals surface area contributed by atoms with E-state index in [4.69, 9.17) is 0 Å². The zero-order valence-corrected chi connectivity index (χ0v) is 31.1. The number of likely N-dealkylation sites (tertiary alicyclic amines) is 1. The Bertz CT molecular complexity index is 2310. The van der Waals surface area contributed by atoms with Crippen LogP contribution < -0.4 is 15.9 Å². The van der Waals surface area contributed by atoms with Crippen LogP contribution in [0, 0.1) is 5.41 Å². The summed E-state index contributed by atoms with van der Waals surface area (Å²) in [5.41, 5.74) is 2.02. The molecule has 1 N–H and O–H groups in total. The lowest BCUT2D eigenvalue weighted by atomic mass is 9.73. The van der Waals surface area contributed by atoms with E-state index < -0.39 is 35.3 Å². The molecule has 3 aliphatic rings. The first-order valence-electron chi connectivity index (χ1n) is 17.5. The number of hydrogen-bond donors (Lipinski definition) is 1. The Balaban J connectivity index is 1.14. The van der Waals surface area contributed by atoms with Gasteiger partial charge in [0, 0.05) is 84.4 Å². The number of anilines is 1. The van der Waals surface area contributed by atoms with Crippen LogP contribution in [0.2, 0.25) is 0 Å². The number of fused-ring (bicyclic) bond motifs is 1. The van der Waals surface area contributed by atoms with Crippen LogP contribution in [0.1, 0.15) is 44.6 Å². The Morgan fingerprint density at radius 2 is 1.63 bits per heavy atom. The van der Waals surface area contributed by atoms with Crippen LogP contribution >= 0.6 is 15.9 Å². The van der Waals surface area contributed by atoms with Gasteiger partial charge in [0.1, 0.15) is 5.69 Å². The smallest absolute Gasteiger partial charge is 0.370 e. The highest BCUT2D eigenvalue weighted by Crippen LogP contribution is 2.41. The van der Waals surface area contributed by atoms with Crippen molar-refractivity contribution in [1.82, 2.24) is 34.2 Å². The summed E-state index contributed by atoms with van der Waals surface area (Å²) >= 11 is 2.94. The van der Waals surface area contributed by atoms with Crippen molar-refractivity contribution < 1.29 is 22.8 Å². The molecule has 8 rings (SSSR count). The predicted molar refractivity (Wildman–Crippen MR) is 199 cm³/mol. The molecule has 2 saturated heterocycles. The summed E-state index contributed by atoms with van der Waals surface area (Å²) in [6, 6.07) is 19.4. The van der Waals surface area contributed by atoms with E-state index in [9.17, 15) is 27.6 Å². The van der Waals surface area contributed by atoms with Gasteiger partial charge in [-0.25, -0.2) is 14.8 Å². The monoisotopic (exact) mass is 800 g/mol. The van der Waals surface area contributed by atoms with Crippen LogP contribution in [-0.2, 0) is 25.8 Å². The van der Waals surface area contributed by atoms with Crippen molar-refractivity contribution in [3.63, 3.8) is 0 Å². The molecular formula is C39H36BrF3N8O3. The number of aromatic nitrogens is 4. The fourth-order valence-corrected chi connectivity index (χ4v) is 8.52. The Hall–Kier alpha value is -5.28. The Kier molecular flexibility index (Phi) is 8.96. The molecule has 0 saturated carbocycles. The normalized spacial score (nSPS) is 17.9. The van der Waals surface area contributed by atoms with Gasteiger partial charge in [-0.2, -0.15) is 13.2 Å². The fraction of sp³-hybridized carbons (Fsp3) is 0.308. The molecule has 0 aliphatic carbocycles. The number of hydrogen-bond acceptors (Lipinski definition) is 7. The van der Waals surface area contributed by atoms with E-state index in [0.717, 1.165) is 49.1 Å². The van der Waals surface area contributed by atoms with Crippen LogP contribution in [0.4, 0.5) is 18.9 Å². The van der Waals surface area contributed by atoms with Crippen molar-refractivity contribution in [3.05, 3.63) is 128 Å². The lowest BCUT2D eigenvalue weighted by Crippen LogP contribution is -2.71. The first kappa shape index (κ1) is 35.7. The topological polar surface area (TPSA) is 109 Å². The predicted octanol–water partition coefficient (Wildman–Crippen LogP) is 5.60. The van der Waals surface area contributed by atoms with Gasteiger partial charge in [0.05, 0.1) is 23.5 Å². The van der Waals surface area contributed by atoms with E-state index in [-0.39, 0.29) is 41.1 Å². The maximum atomic E-state index is 14.4. The molecule has 3 aromatic carbocycles. The second kappa shape index (κ2) is 13.5. The number of nitrogens with zero attached hydrogens (tertiary/aromatic N) is 7. The van der Waals surface area contributed by atoms with Crippen molar-refractivity contribution in [2.75, 3.05) is 38.1 Å². The minimum atomic E-state index is -4.68. The summed E-state index contributed by atoms with van der Waals surface area (Å²) in [6.07, 6.45) is -1.42. The van der Waals surface area contributed by atoms with Crippen LogP contribution in [0.15, 0.2) is 94.5 Å². The highest BCUT2D eigenvalue weighted by Gasteiger charge is 2.50. The zero-order chi connectivity index (χ0) is 37.9. The van der Waals surface area contributed by atoms with Gasteiger partial charge in [-0.15, -0.1) is 0 Å². The van der Waals surface area contributed by atoms with Crippen molar-refractivity contribution in [1.29, 1.82) is 0 Å². The first-order valence-corrected chi connectivity index (χ1v) is 18.3. The lowest BCUT2D eigenvalue weighted by molar-refractivity contribution is -0.138. The highest BCUT2D eigenvalue weighted by atomic mass is 79.9. The van der Waals surface area contributed by atoms with E-state index in [1.165, 1.54) is 26.2 Å². The van der Waals surface area contributed by atoms with Gasteiger partial charge < -0.3 is 20.0 Å². The van der Waals surface area contributed by atoms with Gasteiger partial charge >= 0.3 is 11.9 Å². The molecule has 5 heterocycles. The Morgan fingerprint density at radius 3 is 2.31 bits per heavy atom. The third kappa shape index (κ3) is 6.38. The van der Waals surface area contributed by atoms with E-state index >= 15 is 0 Å². The summed E-state index contributed by atoms with van der Waals surface area (Å²) in [7, 11) is 2.11. The number of benzene rings is 3. The van der Waals surface area contributed by atoms with Gasteiger partial charge in [0.25, 0.3) is 11.8 Å². The average Bonchev–Trinajstić information content (AvgIpc) is 3.41. The Morgan fingerprint density at radius 1 is 0.944 bits per heavy atom. The Labute approximate surface area is 317 Å². The van der Waals surface area contributed by atoms with Crippen LogP contribution in [0.5, 0.6) is 0 Å². The van der Waals surface area contributed by atoms with Gasteiger partial charge in [-0.1, -0.05) is 40.2 Å². The molecule has 5 aromatic rings. The summed E-state index contributed by atoms with van der Waals surface area (Å²) < 4.78 is 44.0. The van der Waals surface area contributed by atoms with Gasteiger partial charge in [-0.05, 0) is 68.1 Å². The number of amides is 2. The summed E-state index contributed by atoms with van der Waals surface area (Å²) in [6.45, 7) is 5.69. The molecular weight excluding hydrogens is 765 g/mol. The number of alkyl halides is 3. The average molecular weight is 802 g/mol. The number of carbonyl (C=O) groups excluding carboxylic acids is 2. The van der Waals surface area contributed by atoms with Gasteiger partial charge in [0.2, 0.25) is 0 Å². The second-order valence-electron chi connectivity index (χ2n) is 14.5. The van der Waals surface area contributed by atoms with E-state index in [1.54, 1.807) is 25.4 Å². The van der Waals surface area contributed by atoms with E-state index in [2.05, 4.69) is 48.1 Å². The molecule has 11 nitrogen and oxygen atoms in total. The number of halogens is 4. The molecule has 0 radical (unpaired) electrons. The maximum Gasteiger partial charge on any atom is 0.417 e. The molecule has 2 amide bonds. The third-order valence-corrected chi connectivity index (χ3v) is 11.2. The zero-order valence-electron chi connectivity index (χ0n) is 29.5. The summed E-state index contributed by atoms with van der Waals surface area (Å²) in [5, 5.41) is 2.98. The van der Waals surface area contributed by atoms with Crippen molar-refractivity contribution in [2.24, 2.45) is 5.41 Å². The largest absolute Gasteiger partial charge is 0.417 e. The summed E-state index contributed by atoms with van der Waals surface area (Å²) in [5.74, 6) is -0.718. The first-order chi connectivity index (χ1) is 25.8. The molecule has 2 fully saturated rings. The van der Waals surface area contributed by atoms with Crippen LogP contribution in [0.25, 0.3) is 17.1 Å². The minimum Gasteiger partial charge on any atom is -0.370 e. The number of nitrogens with one attached hydrogen (secondary N) is 1. The molecule has 54 heavy (non-hydrogen) atoms. The fourth-order valence-electron chi connectivity index (χ4n) is 8.05. The highest BCUT2D eigenvalue weighted by molar-refractivity contribution is 9.10. The number of carbonyl (C=O) groups is 2. The third-order valence-electron chi connectivity index (χ3n) is 10.5. The van der Waals surface area contributed by atoms with Crippen LogP contribution in [-0.4, -0.2) is 80.0 Å². The molecule has 2 aromatic heterocycles. The van der Waals surface area contributed by atoms with E-state index in [0.29, 0.717) is 16.9 Å². The number of rotatable bonds is 7. The van der Waals surface area contributed by atoms with Crippen molar-refractivity contribution >= 4 is 33.4 Å². The van der Waals surface area contributed by atoms with Crippen molar-refractivity contribution in [2.45, 2.75) is 38.8 Å². The van der Waals surface area contributed by atoms with Gasteiger partial charge in [-0.3, -0.25) is 18.7 Å². The van der Waals surface area contributed by atoms with E-state index in [1.807, 2.05) is 48.5 Å². The molecule has 0 bridgehead atoms. The standard InChI is InChI=1S/C39H36BrF3N8O3/c1-24-18-50-32(19-49(24)36(53)25-8-13-31(40)30(16-25)39(41,42)43)33(35(52)46-17-26-6-3-4-7-29(26)34-44-14-5-15-45-34)51(37(50)54)28-11-9-27(10-12-28)48-22-38(23-48)20-47(2)21-38/h3-16,24H,17-23H2,1-2H3,(H,46,52)/t24-/m1/s1. The van der Waals surface area contributed by atoms with Crippen LogP contribution in [0.3, 0.4) is 0 Å². The molecule has 3 aliphatic heterocycles. The lowest BCUT2D eigenvalue weighted by Gasteiger charge is -2.60. The van der Waals surface area contributed by atoms with Gasteiger partial charge in [0.15, 0.2) is 5.82 Å². The summed E-state index contributed by atoms with van der Waals surface area (Å²) in [4.78, 5) is 57.2. The molecule has 1 spiro atoms. The molecule has 1 atom stereocenters. The SMILES string of the molecule is C[C@@H]1Cn2c(c(C(=O)NCc3ccccc3-c3ncccn3)n(-c3ccc(N4CC5(CN(C)C5)C4)cc3)c2=O)CN1C(=O)c1ccc(Br)c(C(F)(F)F)c1. The minimum absolute atomic E-state index is 0.0341. The molecule has 0 unspecified atom stereocenters. The van der Waals surface area contributed by atoms with Crippen molar-refractivity contribution in [3.8, 4) is 17.1 Å².